The Hall–Kier alpha value is -3.93. The van der Waals surface area contributed by atoms with Crippen molar-refractivity contribution in [3.8, 4) is 6.07 Å². The summed E-state index contributed by atoms with van der Waals surface area (Å²) in [4.78, 5) is 23.1. The zero-order valence-electron chi connectivity index (χ0n) is 18.6. The molecule has 1 saturated carbocycles. The van der Waals surface area contributed by atoms with E-state index in [2.05, 4.69) is 26.7 Å². The molecule has 2 fully saturated rings. The first kappa shape index (κ1) is 22.3. The first-order valence-electron chi connectivity index (χ1n) is 11.2. The molecular weight excluding hydrogens is 416 g/mol. The third-order valence-corrected chi connectivity index (χ3v) is 6.01. The third-order valence-electron chi connectivity index (χ3n) is 6.01. The summed E-state index contributed by atoms with van der Waals surface area (Å²) in [5, 5.41) is 24.6. The van der Waals surface area contributed by atoms with Gasteiger partial charge in [0, 0.05) is 37.4 Å². The fourth-order valence-corrected chi connectivity index (χ4v) is 4.00. The van der Waals surface area contributed by atoms with Crippen molar-refractivity contribution in [2.75, 3.05) is 36.5 Å². The van der Waals surface area contributed by atoms with Crippen molar-refractivity contribution >= 4 is 28.9 Å². The van der Waals surface area contributed by atoms with Gasteiger partial charge < -0.3 is 21.3 Å². The Morgan fingerprint density at radius 3 is 2.70 bits per heavy atom. The quantitative estimate of drug-likeness (QED) is 0.292. The molecule has 2 aliphatic rings. The number of amides is 1. The van der Waals surface area contributed by atoms with Crippen LogP contribution in [0.25, 0.3) is 0 Å². The van der Waals surface area contributed by atoms with Crippen LogP contribution in [-0.4, -0.2) is 52.7 Å². The summed E-state index contributed by atoms with van der Waals surface area (Å²) in [6.45, 7) is 1.07. The van der Waals surface area contributed by atoms with Gasteiger partial charge in [-0.25, -0.2) is 9.97 Å². The molecule has 1 aliphatic heterocycles. The van der Waals surface area contributed by atoms with E-state index in [-0.39, 0.29) is 29.1 Å². The van der Waals surface area contributed by atoms with Gasteiger partial charge in [0.2, 0.25) is 0 Å². The molecule has 2 heterocycles. The lowest BCUT2D eigenvalue weighted by Gasteiger charge is -2.33. The van der Waals surface area contributed by atoms with Crippen LogP contribution < -0.4 is 16.4 Å². The van der Waals surface area contributed by atoms with Crippen molar-refractivity contribution in [2.24, 2.45) is 5.92 Å². The highest BCUT2D eigenvalue weighted by molar-refractivity contribution is 6.16. The van der Waals surface area contributed by atoms with Gasteiger partial charge in [0.15, 0.2) is 0 Å². The summed E-state index contributed by atoms with van der Waals surface area (Å²) in [5.41, 5.74) is 8.69. The Bertz CT molecular complexity index is 1110. The highest BCUT2D eigenvalue weighted by Gasteiger charge is 2.29. The van der Waals surface area contributed by atoms with E-state index in [0.717, 1.165) is 31.4 Å². The summed E-state index contributed by atoms with van der Waals surface area (Å²) in [5.74, 6) is 0.842. The van der Waals surface area contributed by atoms with Crippen molar-refractivity contribution in [1.29, 1.82) is 10.7 Å². The summed E-state index contributed by atoms with van der Waals surface area (Å²) < 4.78 is 0. The molecule has 0 radical (unpaired) electrons. The average molecular weight is 445 g/mol. The maximum absolute atomic E-state index is 12.9. The minimum Gasteiger partial charge on any atom is -0.388 e. The second-order valence-corrected chi connectivity index (χ2v) is 8.45. The molecule has 1 unspecified atom stereocenters. The van der Waals surface area contributed by atoms with Gasteiger partial charge in [0.05, 0.1) is 11.3 Å². The number of carbonyl (C=O) groups excluding carboxylic acids is 1. The highest BCUT2D eigenvalue weighted by Crippen LogP contribution is 2.32. The lowest BCUT2D eigenvalue weighted by atomic mass is 10.0. The number of anilines is 3. The number of allylic oxidation sites excluding steroid dienone is 1. The summed E-state index contributed by atoms with van der Waals surface area (Å²) in [7, 11) is 1.84. The minimum atomic E-state index is -0.212. The molecule has 5 N–H and O–H groups in total. The number of benzene rings is 1. The summed E-state index contributed by atoms with van der Waals surface area (Å²) >= 11 is 0. The van der Waals surface area contributed by atoms with Gasteiger partial charge in [0.1, 0.15) is 29.6 Å². The molecule has 0 bridgehead atoms. The Kier molecular flexibility index (Phi) is 6.54. The molecular formula is C24H28N8O. The number of piperidine rings is 1. The van der Waals surface area contributed by atoms with Crippen LogP contribution in [0.4, 0.5) is 17.3 Å². The smallest absolute Gasteiger partial charge is 0.264 e. The zero-order chi connectivity index (χ0) is 23.4. The number of likely N-dealkylation sites (tertiary alicyclic amines) is 1. The molecule has 4 rings (SSSR count). The van der Waals surface area contributed by atoms with Gasteiger partial charge in [-0.1, -0.05) is 18.2 Å². The van der Waals surface area contributed by atoms with Crippen LogP contribution in [0.2, 0.25) is 0 Å². The van der Waals surface area contributed by atoms with E-state index in [9.17, 15) is 10.1 Å². The molecule has 33 heavy (non-hydrogen) atoms. The predicted molar refractivity (Wildman–Crippen MR) is 128 cm³/mol. The van der Waals surface area contributed by atoms with Crippen LogP contribution in [0.5, 0.6) is 0 Å². The summed E-state index contributed by atoms with van der Waals surface area (Å²) in [6, 6.07) is 9.48. The number of hydrogen-bond donors (Lipinski definition) is 4. The number of aromatic nitrogens is 2. The van der Waals surface area contributed by atoms with Crippen molar-refractivity contribution in [3.05, 3.63) is 53.4 Å². The number of nitrogens with zero attached hydrogens (tertiary/aromatic N) is 4. The maximum Gasteiger partial charge on any atom is 0.264 e. The van der Waals surface area contributed by atoms with Crippen LogP contribution in [0.15, 0.2) is 42.2 Å². The largest absolute Gasteiger partial charge is 0.388 e. The molecule has 1 saturated heterocycles. The molecule has 9 heteroatoms. The minimum absolute atomic E-state index is 0.0731. The monoisotopic (exact) mass is 444 g/mol. The maximum atomic E-state index is 12.9. The molecule has 9 nitrogen and oxygen atoms in total. The lowest BCUT2D eigenvalue weighted by Crippen LogP contribution is -2.45. The molecule has 0 spiro atoms. The predicted octanol–water partition coefficient (Wildman–Crippen LogP) is 2.78. The molecule has 2 aromatic rings. The standard InChI is InChI=1S/C24H28N8O/c1-28-18-8-6-16(7-9-18)21(26)20-22(27)29-14-30-23(20)31-19-3-2-10-32(13-19)24(33)17(12-25)11-15-4-5-15/h6-9,11,14-15,19,26,28H,2-5,10,13H2,1H3,(H3,27,29,30,31)/b17-11+,26-21?. The van der Waals surface area contributed by atoms with E-state index in [4.69, 9.17) is 11.1 Å². The van der Waals surface area contributed by atoms with E-state index in [0.29, 0.717) is 36.0 Å². The number of rotatable bonds is 7. The molecule has 1 amide bonds. The fraction of sp³-hybridized carbons (Fsp3) is 0.375. The van der Waals surface area contributed by atoms with Crippen molar-refractivity contribution in [3.63, 3.8) is 0 Å². The molecule has 1 aromatic carbocycles. The molecule has 1 aliphatic carbocycles. The first-order chi connectivity index (χ1) is 16.0. The van der Waals surface area contributed by atoms with Gasteiger partial charge in [-0.15, -0.1) is 0 Å². The van der Waals surface area contributed by atoms with Gasteiger partial charge in [0.25, 0.3) is 5.91 Å². The normalized spacial score (nSPS) is 18.4. The van der Waals surface area contributed by atoms with Crippen molar-refractivity contribution in [1.82, 2.24) is 14.9 Å². The zero-order valence-corrected chi connectivity index (χ0v) is 18.6. The van der Waals surface area contributed by atoms with E-state index in [1.54, 1.807) is 4.90 Å². The Balaban J connectivity index is 1.52. The van der Waals surface area contributed by atoms with Crippen LogP contribution in [0.1, 0.15) is 36.8 Å². The van der Waals surface area contributed by atoms with E-state index in [1.807, 2.05) is 37.4 Å². The summed E-state index contributed by atoms with van der Waals surface area (Å²) in [6.07, 6.45) is 6.92. The van der Waals surface area contributed by atoms with E-state index >= 15 is 0 Å². The number of carbonyl (C=O) groups is 1. The number of hydrogen-bond acceptors (Lipinski definition) is 8. The average Bonchev–Trinajstić information content (AvgIpc) is 3.66. The highest BCUT2D eigenvalue weighted by atomic mass is 16.2. The number of nitriles is 1. The third kappa shape index (κ3) is 5.12. The fourth-order valence-electron chi connectivity index (χ4n) is 4.00. The number of nitrogens with one attached hydrogen (secondary N) is 3. The molecule has 1 aromatic heterocycles. The van der Waals surface area contributed by atoms with Crippen molar-refractivity contribution in [2.45, 2.75) is 31.7 Å². The van der Waals surface area contributed by atoms with Crippen LogP contribution >= 0.6 is 0 Å². The molecule has 170 valence electrons. The first-order valence-corrected chi connectivity index (χ1v) is 11.2. The number of nitrogen functional groups attached to an aromatic ring is 1. The van der Waals surface area contributed by atoms with Crippen LogP contribution in [-0.2, 0) is 4.79 Å². The molecule has 1 atom stereocenters. The van der Waals surface area contributed by atoms with Gasteiger partial charge >= 0.3 is 0 Å². The second kappa shape index (κ2) is 9.69. The van der Waals surface area contributed by atoms with E-state index < -0.39 is 0 Å². The van der Waals surface area contributed by atoms with Crippen LogP contribution in [0.3, 0.4) is 0 Å². The van der Waals surface area contributed by atoms with Gasteiger partial charge in [-0.3, -0.25) is 10.2 Å². The lowest BCUT2D eigenvalue weighted by molar-refractivity contribution is -0.127. The van der Waals surface area contributed by atoms with Gasteiger partial charge in [-0.05, 0) is 43.7 Å². The Labute approximate surface area is 193 Å². The van der Waals surface area contributed by atoms with Crippen LogP contribution in [0, 0.1) is 22.7 Å². The second-order valence-electron chi connectivity index (χ2n) is 8.45. The van der Waals surface area contributed by atoms with Gasteiger partial charge in [-0.2, -0.15) is 5.26 Å². The topological polar surface area (TPSA) is 144 Å². The SMILES string of the molecule is CNc1ccc(C(=N)c2c(N)ncnc2NC2CCCN(C(=O)/C(C#N)=C/C3CC3)C2)cc1. The Morgan fingerprint density at radius 1 is 1.27 bits per heavy atom. The van der Waals surface area contributed by atoms with Crippen molar-refractivity contribution < 1.29 is 4.79 Å². The Morgan fingerprint density at radius 2 is 2.03 bits per heavy atom. The van der Waals surface area contributed by atoms with E-state index in [1.165, 1.54) is 6.33 Å². The number of nitrogens with two attached hydrogens (primary N) is 1.